The van der Waals surface area contributed by atoms with Crippen LogP contribution in [0.1, 0.15) is 45.1 Å². The molecule has 3 heterocycles. The zero-order valence-electron chi connectivity index (χ0n) is 19.9. The average Bonchev–Trinajstić information content (AvgIpc) is 2.74. The van der Waals surface area contributed by atoms with Gasteiger partial charge in [-0.2, -0.15) is 0 Å². The first kappa shape index (κ1) is 23.2. The maximum absolute atomic E-state index is 14.7. The highest BCUT2D eigenvalue weighted by Gasteiger charge is 2.37. The van der Waals surface area contributed by atoms with Crippen molar-refractivity contribution in [2.45, 2.75) is 52.6 Å². The van der Waals surface area contributed by atoms with Crippen molar-refractivity contribution >= 4 is 22.3 Å². The second-order valence-corrected chi connectivity index (χ2v) is 9.63. The van der Waals surface area contributed by atoms with Gasteiger partial charge in [-0.3, -0.25) is 0 Å². The summed E-state index contributed by atoms with van der Waals surface area (Å²) in [4.78, 5) is 10.5. The molecule has 2 aliphatic rings. The average molecular weight is 453 g/mol. The third kappa shape index (κ3) is 4.74. The maximum Gasteiger partial charge on any atom is 0.237 e. The number of anilines is 2. The van der Waals surface area contributed by atoms with E-state index in [0.29, 0.717) is 29.3 Å². The van der Waals surface area contributed by atoms with E-state index in [4.69, 9.17) is 15.6 Å². The van der Waals surface area contributed by atoms with Gasteiger partial charge in [0, 0.05) is 36.0 Å². The van der Waals surface area contributed by atoms with Gasteiger partial charge in [0.15, 0.2) is 0 Å². The number of aromatic nitrogens is 2. The lowest BCUT2D eigenvalue weighted by atomic mass is 9.66. The van der Waals surface area contributed by atoms with Gasteiger partial charge >= 0.3 is 0 Å². The van der Waals surface area contributed by atoms with E-state index in [1.165, 1.54) is 18.9 Å². The summed E-state index contributed by atoms with van der Waals surface area (Å²) in [5.74, 6) is 0.700. The molecule has 1 aliphatic carbocycles. The summed E-state index contributed by atoms with van der Waals surface area (Å²) in [6.07, 6.45) is 7.86. The largest absolute Gasteiger partial charge is 0.474 e. The van der Waals surface area contributed by atoms with Gasteiger partial charge in [-0.05, 0) is 60.7 Å². The van der Waals surface area contributed by atoms with E-state index in [1.54, 1.807) is 24.5 Å². The Labute approximate surface area is 194 Å². The molecule has 1 aliphatic heterocycles. The molecule has 3 N–H and O–H groups in total. The zero-order valence-corrected chi connectivity index (χ0v) is 19.9. The first-order valence-corrected chi connectivity index (χ1v) is 11.6. The van der Waals surface area contributed by atoms with Crippen LogP contribution in [0.5, 0.6) is 5.88 Å². The van der Waals surface area contributed by atoms with Gasteiger partial charge in [0.25, 0.3) is 0 Å². The van der Waals surface area contributed by atoms with Crippen molar-refractivity contribution in [2.24, 2.45) is 5.41 Å². The second-order valence-electron chi connectivity index (χ2n) is 9.63. The Morgan fingerprint density at radius 3 is 2.64 bits per heavy atom. The van der Waals surface area contributed by atoms with Crippen LogP contribution in [0.15, 0.2) is 30.6 Å². The van der Waals surface area contributed by atoms with Crippen LogP contribution in [0.2, 0.25) is 0 Å². The van der Waals surface area contributed by atoms with Crippen LogP contribution in [0.4, 0.5) is 15.9 Å². The van der Waals surface area contributed by atoms with E-state index in [-0.39, 0.29) is 11.9 Å². The predicted octanol–water partition coefficient (Wildman–Crippen LogP) is 5.10. The molecule has 176 valence electrons. The molecular formula is C26H33FN4O2. The summed E-state index contributed by atoms with van der Waals surface area (Å²) < 4.78 is 20.3. The quantitative estimate of drug-likeness (QED) is 0.575. The standard InChI is InChI=1S/C18H17FN4O.C8H16O/c1-10-14(9-22-18-17(10)23(2)3-4-24-18)13-5-11-7-16(20)21-8-12(11)6-15(13)19;1-3-4-8(2)5-7(9)6-8/h5-9H,3-4H2,1-2H3,(H2,20,21);7,9H,3-6H2,1-2H3. The highest BCUT2D eigenvalue weighted by Crippen LogP contribution is 2.44. The minimum atomic E-state index is -0.307. The molecule has 0 spiro atoms. The number of benzene rings is 1. The van der Waals surface area contributed by atoms with Gasteiger partial charge in [-0.1, -0.05) is 20.3 Å². The first-order chi connectivity index (χ1) is 15.7. The van der Waals surface area contributed by atoms with Gasteiger partial charge in [-0.25, -0.2) is 14.4 Å². The Bertz CT molecular complexity index is 1160. The Balaban J connectivity index is 0.000000243. The molecule has 5 rings (SSSR count). The van der Waals surface area contributed by atoms with E-state index in [2.05, 4.69) is 28.7 Å². The fourth-order valence-corrected chi connectivity index (χ4v) is 5.06. The number of nitrogens with zero attached hydrogens (tertiary/aromatic N) is 3. The highest BCUT2D eigenvalue weighted by atomic mass is 19.1. The zero-order chi connectivity index (χ0) is 23.8. The van der Waals surface area contributed by atoms with E-state index in [1.807, 2.05) is 14.0 Å². The van der Waals surface area contributed by atoms with Gasteiger partial charge in [-0.15, -0.1) is 0 Å². The molecule has 1 saturated carbocycles. The SMILES string of the molecule is CCCC1(C)CC(O)C1.Cc1c(-c2cc3cc(N)ncc3cc2F)cnc2c1N(C)CCO2. The van der Waals surface area contributed by atoms with Crippen molar-refractivity contribution in [3.05, 3.63) is 42.0 Å². The number of rotatable bonds is 3. The third-order valence-corrected chi connectivity index (χ3v) is 6.75. The summed E-state index contributed by atoms with van der Waals surface area (Å²) in [7, 11) is 1.99. The second kappa shape index (κ2) is 9.14. The minimum Gasteiger partial charge on any atom is -0.474 e. The van der Waals surface area contributed by atoms with Gasteiger partial charge in [0.2, 0.25) is 5.88 Å². The topological polar surface area (TPSA) is 84.5 Å². The number of halogens is 1. The van der Waals surface area contributed by atoms with Crippen molar-refractivity contribution < 1.29 is 14.2 Å². The van der Waals surface area contributed by atoms with Crippen molar-refractivity contribution in [3.8, 4) is 17.0 Å². The summed E-state index contributed by atoms with van der Waals surface area (Å²) in [5, 5.41) is 10.6. The minimum absolute atomic E-state index is 0.0153. The molecule has 1 aromatic carbocycles. The van der Waals surface area contributed by atoms with Crippen LogP contribution in [0.3, 0.4) is 0 Å². The van der Waals surface area contributed by atoms with Crippen LogP contribution in [-0.4, -0.2) is 41.4 Å². The molecule has 3 aromatic rings. The highest BCUT2D eigenvalue weighted by molar-refractivity contribution is 5.90. The first-order valence-electron chi connectivity index (χ1n) is 11.6. The van der Waals surface area contributed by atoms with Crippen molar-refractivity contribution in [2.75, 3.05) is 30.8 Å². The number of fused-ring (bicyclic) bond motifs is 2. The lowest BCUT2D eigenvalue weighted by molar-refractivity contribution is -0.0254. The molecule has 0 unspecified atom stereocenters. The maximum atomic E-state index is 14.7. The van der Waals surface area contributed by atoms with Crippen LogP contribution < -0.4 is 15.4 Å². The number of hydrogen-bond donors (Lipinski definition) is 2. The molecular weight excluding hydrogens is 419 g/mol. The lowest BCUT2D eigenvalue weighted by Crippen LogP contribution is -2.38. The summed E-state index contributed by atoms with van der Waals surface area (Å²) >= 11 is 0. The molecule has 0 saturated heterocycles. The lowest BCUT2D eigenvalue weighted by Gasteiger charge is -2.42. The predicted molar refractivity (Wildman–Crippen MR) is 131 cm³/mol. The Morgan fingerprint density at radius 1 is 1.18 bits per heavy atom. The third-order valence-electron chi connectivity index (χ3n) is 6.75. The molecule has 7 heteroatoms. The van der Waals surface area contributed by atoms with E-state index in [0.717, 1.165) is 47.0 Å². The Morgan fingerprint density at radius 2 is 1.94 bits per heavy atom. The molecule has 1 fully saturated rings. The summed E-state index contributed by atoms with van der Waals surface area (Å²) in [6, 6.07) is 5.02. The number of aliphatic hydroxyl groups is 1. The van der Waals surface area contributed by atoms with E-state index in [9.17, 15) is 4.39 Å². The molecule has 6 nitrogen and oxygen atoms in total. The molecule has 0 amide bonds. The van der Waals surface area contributed by atoms with Gasteiger partial charge in [0.1, 0.15) is 23.9 Å². The fourth-order valence-electron chi connectivity index (χ4n) is 5.06. The van der Waals surface area contributed by atoms with Crippen molar-refractivity contribution in [1.29, 1.82) is 0 Å². The van der Waals surface area contributed by atoms with E-state index >= 15 is 0 Å². The number of nitrogen functional groups attached to an aromatic ring is 1. The number of ether oxygens (including phenoxy) is 1. The molecule has 0 atom stereocenters. The van der Waals surface area contributed by atoms with Crippen LogP contribution in [0.25, 0.3) is 21.9 Å². The Kier molecular flexibility index (Phi) is 6.43. The van der Waals surface area contributed by atoms with Crippen molar-refractivity contribution in [3.63, 3.8) is 0 Å². The number of pyridine rings is 2. The molecule has 2 aromatic heterocycles. The molecule has 0 bridgehead atoms. The van der Waals surface area contributed by atoms with Crippen LogP contribution in [-0.2, 0) is 0 Å². The normalized spacial score (nSPS) is 21.5. The smallest absolute Gasteiger partial charge is 0.237 e. The number of nitrogens with two attached hydrogens (primary N) is 1. The van der Waals surface area contributed by atoms with Gasteiger partial charge < -0.3 is 20.5 Å². The van der Waals surface area contributed by atoms with Gasteiger partial charge in [0.05, 0.1) is 12.6 Å². The van der Waals surface area contributed by atoms with E-state index < -0.39 is 0 Å². The Hall–Kier alpha value is -2.93. The number of hydrogen-bond acceptors (Lipinski definition) is 6. The summed E-state index contributed by atoms with van der Waals surface area (Å²) in [6.45, 7) is 7.82. The van der Waals surface area contributed by atoms with Crippen LogP contribution in [0, 0.1) is 18.2 Å². The fraction of sp³-hybridized carbons (Fsp3) is 0.462. The monoisotopic (exact) mass is 452 g/mol. The molecule has 33 heavy (non-hydrogen) atoms. The van der Waals surface area contributed by atoms with Crippen LogP contribution >= 0.6 is 0 Å². The molecule has 0 radical (unpaired) electrons. The van der Waals surface area contributed by atoms with Crippen molar-refractivity contribution in [1.82, 2.24) is 9.97 Å². The summed E-state index contributed by atoms with van der Waals surface area (Å²) in [5.41, 5.74) is 9.35. The number of likely N-dealkylation sites (N-methyl/N-ethyl adjacent to an activating group) is 1. The number of aliphatic hydroxyl groups excluding tert-OH is 1.